The van der Waals surface area contributed by atoms with Crippen LogP contribution >= 0.6 is 15.9 Å². The molecule has 1 aliphatic rings. The molecule has 0 saturated carbocycles. The van der Waals surface area contributed by atoms with Crippen molar-refractivity contribution >= 4 is 27.5 Å². The number of carbonyl (C=O) groups excluding carboxylic acids is 2. The summed E-state index contributed by atoms with van der Waals surface area (Å²) in [6, 6.07) is 16.3. The quantitative estimate of drug-likeness (QED) is 0.506. The number of rotatable bonds is 1. The van der Waals surface area contributed by atoms with E-state index in [0.29, 0.717) is 16.7 Å². The highest BCUT2D eigenvalue weighted by molar-refractivity contribution is 9.10. The highest BCUT2D eigenvalue weighted by Crippen LogP contribution is 2.36. The van der Waals surface area contributed by atoms with Crippen molar-refractivity contribution in [2.24, 2.45) is 0 Å². The molecule has 2 aromatic carbocycles. The fourth-order valence-electron chi connectivity index (χ4n) is 2.91. The summed E-state index contributed by atoms with van der Waals surface area (Å²) in [6.07, 6.45) is 1.58. The van der Waals surface area contributed by atoms with Gasteiger partial charge in [0.1, 0.15) is 5.69 Å². The van der Waals surface area contributed by atoms with Crippen molar-refractivity contribution in [1.29, 1.82) is 0 Å². The smallest absolute Gasteiger partial charge is 0.212 e. The summed E-state index contributed by atoms with van der Waals surface area (Å²) in [5.41, 5.74) is 3.04. The Labute approximate surface area is 141 Å². The lowest BCUT2D eigenvalue weighted by atomic mass is 9.83. The van der Waals surface area contributed by atoms with Gasteiger partial charge < -0.3 is 0 Å². The van der Waals surface area contributed by atoms with Gasteiger partial charge in [0.25, 0.3) is 0 Å². The van der Waals surface area contributed by atoms with Crippen LogP contribution in [0.4, 0.5) is 0 Å². The highest BCUT2D eigenvalue weighted by Gasteiger charge is 2.32. The predicted molar refractivity (Wildman–Crippen MR) is 90.7 cm³/mol. The zero-order chi connectivity index (χ0) is 16.0. The second-order valence-corrected chi connectivity index (χ2v) is 6.12. The molecule has 4 heteroatoms. The summed E-state index contributed by atoms with van der Waals surface area (Å²) in [7, 11) is 0. The Morgan fingerprint density at radius 1 is 0.696 bits per heavy atom. The lowest BCUT2D eigenvalue weighted by molar-refractivity contribution is 0.0976. The van der Waals surface area contributed by atoms with Gasteiger partial charge in [-0.25, -0.2) is 0 Å². The molecule has 1 aliphatic carbocycles. The van der Waals surface area contributed by atoms with Crippen LogP contribution in [0.1, 0.15) is 32.0 Å². The van der Waals surface area contributed by atoms with Crippen molar-refractivity contribution in [2.45, 2.75) is 0 Å². The lowest BCUT2D eigenvalue weighted by Crippen LogP contribution is -2.23. The Morgan fingerprint density at radius 2 is 1.30 bits per heavy atom. The maximum atomic E-state index is 13.0. The first kappa shape index (κ1) is 14.0. The summed E-state index contributed by atoms with van der Waals surface area (Å²) in [5.74, 6) is -0.363. The average molecular weight is 364 g/mol. The maximum Gasteiger partial charge on any atom is 0.212 e. The number of ketones is 2. The molecule has 110 valence electrons. The Balaban J connectivity index is 2.03. The molecule has 23 heavy (non-hydrogen) atoms. The molecule has 0 amide bonds. The van der Waals surface area contributed by atoms with Gasteiger partial charge in [-0.05, 0) is 23.3 Å². The van der Waals surface area contributed by atoms with Crippen LogP contribution in [0.2, 0.25) is 0 Å². The molecule has 0 atom stereocenters. The normalized spacial score (nSPS) is 12.7. The number of benzene rings is 2. The van der Waals surface area contributed by atoms with E-state index in [1.165, 1.54) is 0 Å². The van der Waals surface area contributed by atoms with Crippen LogP contribution in [0.3, 0.4) is 0 Å². The molecule has 0 radical (unpaired) electrons. The van der Waals surface area contributed by atoms with Gasteiger partial charge in [0, 0.05) is 21.8 Å². The number of nitrogens with zero attached hydrogens (tertiary/aromatic N) is 1. The van der Waals surface area contributed by atoms with E-state index in [-0.39, 0.29) is 17.3 Å². The Morgan fingerprint density at radius 3 is 2.00 bits per heavy atom. The van der Waals surface area contributed by atoms with Crippen LogP contribution < -0.4 is 0 Å². The minimum atomic E-state index is -0.205. The second kappa shape index (κ2) is 5.25. The molecule has 0 unspecified atom stereocenters. The number of hydrogen-bond acceptors (Lipinski definition) is 3. The Kier molecular flexibility index (Phi) is 3.20. The minimum absolute atomic E-state index is 0.158. The van der Waals surface area contributed by atoms with E-state index >= 15 is 0 Å². The largest absolute Gasteiger partial charge is 0.288 e. The highest BCUT2D eigenvalue weighted by atomic mass is 79.9. The number of hydrogen-bond donors (Lipinski definition) is 0. The van der Waals surface area contributed by atoms with E-state index < -0.39 is 0 Å². The molecule has 4 rings (SSSR count). The lowest BCUT2D eigenvalue weighted by Gasteiger charge is -2.19. The van der Waals surface area contributed by atoms with E-state index in [1.54, 1.807) is 36.5 Å². The zero-order valence-corrected chi connectivity index (χ0v) is 13.5. The van der Waals surface area contributed by atoms with Crippen LogP contribution in [0, 0.1) is 0 Å². The van der Waals surface area contributed by atoms with Crippen molar-refractivity contribution in [3.8, 4) is 11.1 Å². The summed E-state index contributed by atoms with van der Waals surface area (Å²) >= 11 is 3.51. The van der Waals surface area contributed by atoms with E-state index in [4.69, 9.17) is 0 Å². The minimum Gasteiger partial charge on any atom is -0.288 e. The Bertz CT molecular complexity index is 979. The van der Waals surface area contributed by atoms with Gasteiger partial charge in [0.15, 0.2) is 5.78 Å². The molecular formula is C19H10BrNO2. The first-order chi connectivity index (χ1) is 11.2. The molecule has 3 aromatic rings. The van der Waals surface area contributed by atoms with Crippen molar-refractivity contribution < 1.29 is 9.59 Å². The number of pyridine rings is 1. The van der Waals surface area contributed by atoms with Gasteiger partial charge in [-0.3, -0.25) is 14.6 Å². The number of halogens is 1. The molecule has 0 saturated heterocycles. The third-order valence-corrected chi connectivity index (χ3v) is 4.66. The van der Waals surface area contributed by atoms with Gasteiger partial charge in [0.2, 0.25) is 5.78 Å². The first-order valence-corrected chi connectivity index (χ1v) is 7.90. The molecule has 0 fully saturated rings. The molecule has 0 spiro atoms. The maximum absolute atomic E-state index is 13.0. The first-order valence-electron chi connectivity index (χ1n) is 7.11. The standard InChI is InChI=1S/C19H10BrNO2/c20-15-8-4-3-5-11(15)12-9-10-21-17-16(12)18(22)13-6-1-2-7-14(13)19(17)23/h1-10H. The van der Waals surface area contributed by atoms with Crippen molar-refractivity contribution in [1.82, 2.24) is 4.98 Å². The van der Waals surface area contributed by atoms with E-state index in [1.807, 2.05) is 24.3 Å². The molecule has 1 heterocycles. The van der Waals surface area contributed by atoms with Gasteiger partial charge in [0.05, 0.1) is 5.56 Å². The average Bonchev–Trinajstić information content (AvgIpc) is 2.59. The molecule has 1 aromatic heterocycles. The van der Waals surface area contributed by atoms with Gasteiger partial charge in [-0.15, -0.1) is 0 Å². The molecule has 3 nitrogen and oxygen atoms in total. The number of carbonyl (C=O) groups is 2. The van der Waals surface area contributed by atoms with Crippen LogP contribution in [-0.2, 0) is 0 Å². The van der Waals surface area contributed by atoms with Crippen LogP contribution in [-0.4, -0.2) is 16.6 Å². The van der Waals surface area contributed by atoms with Crippen LogP contribution in [0.15, 0.2) is 65.3 Å². The topological polar surface area (TPSA) is 47.0 Å². The second-order valence-electron chi connectivity index (χ2n) is 5.27. The van der Waals surface area contributed by atoms with Crippen molar-refractivity contribution in [2.75, 3.05) is 0 Å². The van der Waals surface area contributed by atoms with Crippen LogP contribution in [0.25, 0.3) is 11.1 Å². The zero-order valence-electron chi connectivity index (χ0n) is 11.9. The number of fused-ring (bicyclic) bond motifs is 2. The summed E-state index contributed by atoms with van der Waals surface area (Å²) in [5, 5.41) is 0. The molecule has 0 aliphatic heterocycles. The van der Waals surface area contributed by atoms with E-state index in [2.05, 4.69) is 20.9 Å². The Hall–Kier alpha value is -2.59. The summed E-state index contributed by atoms with van der Waals surface area (Å²) in [4.78, 5) is 29.8. The van der Waals surface area contributed by atoms with Gasteiger partial charge in [-0.1, -0.05) is 58.4 Å². The molecular weight excluding hydrogens is 354 g/mol. The van der Waals surface area contributed by atoms with Crippen LogP contribution in [0.5, 0.6) is 0 Å². The fourth-order valence-corrected chi connectivity index (χ4v) is 3.41. The van der Waals surface area contributed by atoms with Crippen molar-refractivity contribution in [3.63, 3.8) is 0 Å². The third-order valence-electron chi connectivity index (χ3n) is 3.97. The number of aromatic nitrogens is 1. The monoisotopic (exact) mass is 363 g/mol. The molecule has 0 bridgehead atoms. The summed E-state index contributed by atoms with van der Waals surface area (Å²) in [6.45, 7) is 0. The summed E-state index contributed by atoms with van der Waals surface area (Å²) < 4.78 is 0.868. The van der Waals surface area contributed by atoms with Gasteiger partial charge in [-0.2, -0.15) is 0 Å². The fraction of sp³-hybridized carbons (Fsp3) is 0. The third kappa shape index (κ3) is 2.06. The van der Waals surface area contributed by atoms with E-state index in [9.17, 15) is 9.59 Å². The van der Waals surface area contributed by atoms with E-state index in [0.717, 1.165) is 15.6 Å². The van der Waals surface area contributed by atoms with Crippen molar-refractivity contribution in [3.05, 3.63) is 87.7 Å². The molecule has 0 N–H and O–H groups in total. The SMILES string of the molecule is O=C1c2ccccc2C(=O)c2c(-c3ccccc3Br)ccnc21. The van der Waals surface area contributed by atoms with Gasteiger partial charge >= 0.3 is 0 Å². The predicted octanol–water partition coefficient (Wildman–Crippen LogP) is 4.29.